The number of carbonyl (C=O) groups excluding carboxylic acids is 1. The Morgan fingerprint density at radius 2 is 1.97 bits per heavy atom. The van der Waals surface area contributed by atoms with Gasteiger partial charge in [0.25, 0.3) is 0 Å². The zero-order valence-corrected chi connectivity index (χ0v) is 19.2. The van der Waals surface area contributed by atoms with E-state index >= 15 is 0 Å². The minimum Gasteiger partial charge on any atom is -0.379 e. The second-order valence-corrected chi connectivity index (χ2v) is 8.76. The largest absolute Gasteiger partial charge is 0.379 e. The molecule has 33 heavy (non-hydrogen) atoms. The molecule has 0 saturated carbocycles. The van der Waals surface area contributed by atoms with E-state index < -0.39 is 0 Å². The van der Waals surface area contributed by atoms with E-state index in [9.17, 15) is 4.79 Å². The van der Waals surface area contributed by atoms with Gasteiger partial charge < -0.3 is 15.0 Å². The number of H-pyrrole nitrogens is 2. The number of ether oxygens (including phenoxy) is 1. The standard InChI is InChI=1S/C23H22Cl2N6O2/c24-17-3-2-16(11-18(17)25)27-21(32)10-15-12-26-30-22(15)23-28-19-4-1-14(9-20(19)29-23)13-31-5-7-33-8-6-31/h1-4,9,11-12H,5-8,10,13H2,(H,26,30)(H,27,32)(H,28,29). The fourth-order valence-electron chi connectivity index (χ4n) is 3.89. The van der Waals surface area contributed by atoms with Crippen LogP contribution in [0.4, 0.5) is 5.69 Å². The monoisotopic (exact) mass is 484 g/mol. The molecule has 0 aliphatic carbocycles. The number of amides is 1. The summed E-state index contributed by atoms with van der Waals surface area (Å²) in [5, 5.41) is 10.7. The van der Waals surface area contributed by atoms with Crippen molar-refractivity contribution in [2.45, 2.75) is 13.0 Å². The fourth-order valence-corrected chi connectivity index (χ4v) is 4.19. The molecule has 1 aliphatic rings. The lowest BCUT2D eigenvalue weighted by Gasteiger charge is -2.26. The number of morpholine rings is 1. The van der Waals surface area contributed by atoms with Crippen molar-refractivity contribution in [1.82, 2.24) is 25.1 Å². The number of imidazole rings is 1. The highest BCUT2D eigenvalue weighted by Crippen LogP contribution is 2.26. The Morgan fingerprint density at radius 1 is 1.12 bits per heavy atom. The molecular weight excluding hydrogens is 463 g/mol. The number of fused-ring (bicyclic) bond motifs is 1. The lowest BCUT2D eigenvalue weighted by Crippen LogP contribution is -2.35. The number of nitrogens with one attached hydrogen (secondary N) is 3. The zero-order chi connectivity index (χ0) is 22.8. The van der Waals surface area contributed by atoms with Crippen LogP contribution in [0.2, 0.25) is 10.0 Å². The molecule has 3 N–H and O–H groups in total. The van der Waals surface area contributed by atoms with Gasteiger partial charge in [-0.2, -0.15) is 5.10 Å². The summed E-state index contributed by atoms with van der Waals surface area (Å²) in [4.78, 5) is 23.0. The molecule has 5 rings (SSSR count). The molecule has 4 aromatic rings. The first-order valence-electron chi connectivity index (χ1n) is 10.6. The predicted octanol–water partition coefficient (Wildman–Crippen LogP) is 4.27. The summed E-state index contributed by atoms with van der Waals surface area (Å²) >= 11 is 12.0. The number of hydrogen-bond acceptors (Lipinski definition) is 5. The third-order valence-corrected chi connectivity index (χ3v) is 6.30. The van der Waals surface area contributed by atoms with Crippen molar-refractivity contribution in [1.29, 1.82) is 0 Å². The van der Waals surface area contributed by atoms with Gasteiger partial charge in [-0.15, -0.1) is 0 Å². The van der Waals surface area contributed by atoms with Crippen LogP contribution >= 0.6 is 23.2 Å². The van der Waals surface area contributed by atoms with E-state index in [2.05, 4.69) is 37.5 Å². The van der Waals surface area contributed by atoms with Gasteiger partial charge in [0.2, 0.25) is 5.91 Å². The van der Waals surface area contributed by atoms with E-state index in [1.54, 1.807) is 24.4 Å². The number of hydrogen-bond donors (Lipinski definition) is 3. The number of nitrogens with zero attached hydrogens (tertiary/aromatic N) is 3. The topological polar surface area (TPSA) is 98.9 Å². The molecule has 1 amide bonds. The van der Waals surface area contributed by atoms with Crippen molar-refractivity contribution < 1.29 is 9.53 Å². The second-order valence-electron chi connectivity index (χ2n) is 7.95. The number of aromatic nitrogens is 4. The summed E-state index contributed by atoms with van der Waals surface area (Å²) in [5.41, 5.74) is 5.01. The molecular formula is C23H22Cl2N6O2. The number of aromatic amines is 2. The minimum atomic E-state index is -0.194. The summed E-state index contributed by atoms with van der Waals surface area (Å²) in [6, 6.07) is 11.2. The van der Waals surface area contributed by atoms with Crippen molar-refractivity contribution in [2.75, 3.05) is 31.6 Å². The number of carbonyl (C=O) groups is 1. The molecule has 0 unspecified atom stereocenters. The maximum absolute atomic E-state index is 12.6. The quantitative estimate of drug-likeness (QED) is 0.379. The first kappa shape index (κ1) is 21.9. The molecule has 0 radical (unpaired) electrons. The van der Waals surface area contributed by atoms with Gasteiger partial charge in [0.1, 0.15) is 5.69 Å². The lowest BCUT2D eigenvalue weighted by molar-refractivity contribution is -0.115. The van der Waals surface area contributed by atoms with Gasteiger partial charge >= 0.3 is 0 Å². The fraction of sp³-hybridized carbons (Fsp3) is 0.261. The van der Waals surface area contributed by atoms with Crippen LogP contribution in [0.3, 0.4) is 0 Å². The van der Waals surface area contributed by atoms with Crippen molar-refractivity contribution >= 4 is 45.8 Å². The average molecular weight is 485 g/mol. The molecule has 2 aromatic carbocycles. The Labute approximate surface area is 200 Å². The molecule has 2 aromatic heterocycles. The summed E-state index contributed by atoms with van der Waals surface area (Å²) in [7, 11) is 0. The van der Waals surface area contributed by atoms with Gasteiger partial charge in [0.05, 0.1) is 46.9 Å². The van der Waals surface area contributed by atoms with Crippen LogP contribution in [0.1, 0.15) is 11.1 Å². The SMILES string of the molecule is O=C(Cc1cn[nH]c1-c1nc2ccc(CN3CCOCC3)cc2[nH]1)Nc1ccc(Cl)c(Cl)c1. The number of rotatable bonds is 6. The van der Waals surface area contributed by atoms with Gasteiger partial charge in [0.15, 0.2) is 5.82 Å². The highest BCUT2D eigenvalue weighted by Gasteiger charge is 2.16. The maximum Gasteiger partial charge on any atom is 0.228 e. The molecule has 8 nitrogen and oxygen atoms in total. The van der Waals surface area contributed by atoms with Crippen molar-refractivity contribution in [3.63, 3.8) is 0 Å². The Bertz CT molecular complexity index is 1300. The molecule has 1 saturated heterocycles. The highest BCUT2D eigenvalue weighted by molar-refractivity contribution is 6.42. The smallest absolute Gasteiger partial charge is 0.228 e. The molecule has 1 aliphatic heterocycles. The molecule has 0 atom stereocenters. The number of anilines is 1. The van der Waals surface area contributed by atoms with E-state index in [-0.39, 0.29) is 12.3 Å². The predicted molar refractivity (Wildman–Crippen MR) is 129 cm³/mol. The van der Waals surface area contributed by atoms with E-state index in [0.29, 0.717) is 27.3 Å². The summed E-state index contributed by atoms with van der Waals surface area (Å²) < 4.78 is 5.43. The van der Waals surface area contributed by atoms with Crippen LogP contribution in [0.25, 0.3) is 22.6 Å². The Hall–Kier alpha value is -2.91. The van der Waals surface area contributed by atoms with Gasteiger partial charge in [0, 0.05) is 30.9 Å². The molecule has 1 fully saturated rings. The molecule has 170 valence electrons. The van der Waals surface area contributed by atoms with E-state index in [1.807, 2.05) is 6.07 Å². The van der Waals surface area contributed by atoms with E-state index in [1.165, 1.54) is 5.56 Å². The van der Waals surface area contributed by atoms with Crippen molar-refractivity contribution in [3.05, 3.63) is 63.8 Å². The van der Waals surface area contributed by atoms with Crippen LogP contribution in [0.5, 0.6) is 0 Å². The average Bonchev–Trinajstić information content (AvgIpc) is 3.43. The Morgan fingerprint density at radius 3 is 2.79 bits per heavy atom. The van der Waals surface area contributed by atoms with Gasteiger partial charge in [-0.3, -0.25) is 14.8 Å². The third kappa shape index (κ3) is 5.04. The number of benzene rings is 2. The van der Waals surface area contributed by atoms with Crippen LogP contribution in [0.15, 0.2) is 42.6 Å². The highest BCUT2D eigenvalue weighted by atomic mass is 35.5. The maximum atomic E-state index is 12.6. The van der Waals surface area contributed by atoms with Crippen LogP contribution in [-0.2, 0) is 22.5 Å². The van der Waals surface area contributed by atoms with Gasteiger partial charge in [-0.1, -0.05) is 29.3 Å². The van der Waals surface area contributed by atoms with E-state index in [4.69, 9.17) is 32.9 Å². The van der Waals surface area contributed by atoms with Crippen molar-refractivity contribution in [3.8, 4) is 11.5 Å². The Kier molecular flexibility index (Phi) is 6.32. The summed E-state index contributed by atoms with van der Waals surface area (Å²) in [5.74, 6) is 0.448. The number of halogens is 2. The second kappa shape index (κ2) is 9.52. The first-order chi connectivity index (χ1) is 16.0. The summed E-state index contributed by atoms with van der Waals surface area (Å²) in [6.07, 6.45) is 1.77. The zero-order valence-electron chi connectivity index (χ0n) is 17.7. The lowest BCUT2D eigenvalue weighted by atomic mass is 10.1. The molecule has 0 spiro atoms. The third-order valence-electron chi connectivity index (χ3n) is 5.57. The van der Waals surface area contributed by atoms with Crippen molar-refractivity contribution in [2.24, 2.45) is 0 Å². The summed E-state index contributed by atoms with van der Waals surface area (Å²) in [6.45, 7) is 4.30. The minimum absolute atomic E-state index is 0.130. The normalized spacial score (nSPS) is 14.6. The first-order valence-corrected chi connectivity index (χ1v) is 11.4. The van der Waals surface area contributed by atoms with Crippen LogP contribution in [-0.4, -0.2) is 57.3 Å². The van der Waals surface area contributed by atoms with Crippen LogP contribution < -0.4 is 5.32 Å². The van der Waals surface area contributed by atoms with E-state index in [0.717, 1.165) is 49.4 Å². The molecule has 3 heterocycles. The van der Waals surface area contributed by atoms with Gasteiger partial charge in [-0.25, -0.2) is 4.98 Å². The van der Waals surface area contributed by atoms with Gasteiger partial charge in [-0.05, 0) is 35.9 Å². The Balaban J connectivity index is 1.31. The molecule has 10 heteroatoms. The molecule has 0 bridgehead atoms. The van der Waals surface area contributed by atoms with Crippen LogP contribution in [0, 0.1) is 0 Å².